The molecule has 0 amide bonds. The van der Waals surface area contributed by atoms with Gasteiger partial charge in [-0.2, -0.15) is 0 Å². The van der Waals surface area contributed by atoms with Gasteiger partial charge >= 0.3 is 5.97 Å². The van der Waals surface area contributed by atoms with Crippen LogP contribution in [0, 0.1) is 12.7 Å². The van der Waals surface area contributed by atoms with Crippen molar-refractivity contribution in [1.82, 2.24) is 0 Å². The smallest absolute Gasteiger partial charge is 0.342 e. The van der Waals surface area contributed by atoms with E-state index >= 15 is 0 Å². The first-order valence-corrected chi connectivity index (χ1v) is 6.42. The summed E-state index contributed by atoms with van der Waals surface area (Å²) in [6, 6.07) is 11.4. The molecule has 2 aromatic rings. The second kappa shape index (κ2) is 6.74. The number of ether oxygens (including phenoxy) is 2. The van der Waals surface area contributed by atoms with Crippen LogP contribution < -0.4 is 9.47 Å². The van der Waals surface area contributed by atoms with Gasteiger partial charge < -0.3 is 14.6 Å². The molecule has 0 aliphatic rings. The molecule has 1 N–H and O–H groups in total. The molecule has 2 aromatic carbocycles. The summed E-state index contributed by atoms with van der Waals surface area (Å²) in [7, 11) is 0. The van der Waals surface area contributed by atoms with E-state index < -0.39 is 17.3 Å². The van der Waals surface area contributed by atoms with Crippen molar-refractivity contribution in [1.29, 1.82) is 0 Å². The third-order valence-electron chi connectivity index (χ3n) is 2.79. The summed E-state index contributed by atoms with van der Waals surface area (Å²) < 4.78 is 24.2. The van der Waals surface area contributed by atoms with Crippen molar-refractivity contribution in [3.63, 3.8) is 0 Å². The molecule has 21 heavy (non-hydrogen) atoms. The maximum atomic E-state index is 13.4. The van der Waals surface area contributed by atoms with E-state index in [9.17, 15) is 9.18 Å². The Hall–Kier alpha value is -2.56. The van der Waals surface area contributed by atoms with Gasteiger partial charge in [-0.1, -0.05) is 18.2 Å². The van der Waals surface area contributed by atoms with Gasteiger partial charge in [0.1, 0.15) is 36.1 Å². The number of carboxylic acid groups (broad SMARTS) is 1. The molecule has 0 atom stereocenters. The largest absolute Gasteiger partial charge is 0.490 e. The van der Waals surface area contributed by atoms with Crippen LogP contribution in [0.3, 0.4) is 0 Å². The van der Waals surface area contributed by atoms with Gasteiger partial charge in [-0.3, -0.25) is 0 Å². The summed E-state index contributed by atoms with van der Waals surface area (Å²) in [6.45, 7) is 2.31. The van der Waals surface area contributed by atoms with Gasteiger partial charge in [-0.15, -0.1) is 0 Å². The number of aromatic carboxylic acids is 1. The van der Waals surface area contributed by atoms with E-state index in [4.69, 9.17) is 14.6 Å². The SMILES string of the molecule is Cc1cccc(OCCOc2cccc(F)c2C(=O)O)c1. The van der Waals surface area contributed by atoms with Crippen molar-refractivity contribution < 1.29 is 23.8 Å². The van der Waals surface area contributed by atoms with Crippen LogP contribution in [0.15, 0.2) is 42.5 Å². The van der Waals surface area contributed by atoms with Crippen LogP contribution in [0.2, 0.25) is 0 Å². The third kappa shape index (κ3) is 3.95. The van der Waals surface area contributed by atoms with Crippen molar-refractivity contribution in [2.75, 3.05) is 13.2 Å². The van der Waals surface area contributed by atoms with Crippen LogP contribution in [-0.2, 0) is 0 Å². The Morgan fingerprint density at radius 1 is 1.14 bits per heavy atom. The van der Waals surface area contributed by atoms with Crippen LogP contribution in [0.1, 0.15) is 15.9 Å². The number of hydrogen-bond acceptors (Lipinski definition) is 3. The highest BCUT2D eigenvalue weighted by molar-refractivity contribution is 5.91. The molecule has 0 saturated heterocycles. The van der Waals surface area contributed by atoms with E-state index in [0.717, 1.165) is 11.6 Å². The van der Waals surface area contributed by atoms with Crippen molar-refractivity contribution in [2.45, 2.75) is 6.92 Å². The van der Waals surface area contributed by atoms with Gasteiger partial charge in [0.15, 0.2) is 0 Å². The Kier molecular flexibility index (Phi) is 4.77. The van der Waals surface area contributed by atoms with Gasteiger partial charge in [0, 0.05) is 0 Å². The monoisotopic (exact) mass is 290 g/mol. The van der Waals surface area contributed by atoms with Gasteiger partial charge in [0.2, 0.25) is 0 Å². The van der Waals surface area contributed by atoms with E-state index in [2.05, 4.69) is 0 Å². The first-order valence-electron chi connectivity index (χ1n) is 6.42. The maximum Gasteiger partial charge on any atom is 0.342 e. The highest BCUT2D eigenvalue weighted by atomic mass is 19.1. The normalized spacial score (nSPS) is 10.2. The number of hydrogen-bond donors (Lipinski definition) is 1. The summed E-state index contributed by atoms with van der Waals surface area (Å²) in [5, 5.41) is 8.96. The van der Waals surface area contributed by atoms with E-state index in [1.54, 1.807) is 0 Å². The predicted octanol–water partition coefficient (Wildman–Crippen LogP) is 3.29. The van der Waals surface area contributed by atoms with Crippen LogP contribution in [0.4, 0.5) is 4.39 Å². The molecule has 0 aliphatic heterocycles. The minimum Gasteiger partial charge on any atom is -0.490 e. The molecule has 0 radical (unpaired) electrons. The summed E-state index contributed by atoms with van der Waals surface area (Å²) in [4.78, 5) is 11.0. The number of aryl methyl sites for hydroxylation is 1. The number of carboxylic acids is 1. The van der Waals surface area contributed by atoms with Gasteiger partial charge in [0.25, 0.3) is 0 Å². The number of benzene rings is 2. The second-order valence-corrected chi connectivity index (χ2v) is 4.43. The average Bonchev–Trinajstić information content (AvgIpc) is 2.43. The van der Waals surface area contributed by atoms with E-state index in [1.165, 1.54) is 12.1 Å². The van der Waals surface area contributed by atoms with Gasteiger partial charge in [0.05, 0.1) is 0 Å². The fourth-order valence-corrected chi connectivity index (χ4v) is 1.85. The topological polar surface area (TPSA) is 55.8 Å². The van der Waals surface area contributed by atoms with E-state index in [1.807, 2.05) is 31.2 Å². The first kappa shape index (κ1) is 14.8. The lowest BCUT2D eigenvalue weighted by atomic mass is 10.2. The Bertz CT molecular complexity index is 640. The average molecular weight is 290 g/mol. The summed E-state index contributed by atoms with van der Waals surface area (Å²) in [5.74, 6) is -1.48. The standard InChI is InChI=1S/C16H15FO4/c1-11-4-2-5-12(10-11)20-8-9-21-14-7-3-6-13(17)15(14)16(18)19/h2-7,10H,8-9H2,1H3,(H,18,19). The Balaban J connectivity index is 1.92. The van der Waals surface area contributed by atoms with Crippen LogP contribution in [-0.4, -0.2) is 24.3 Å². The van der Waals surface area contributed by atoms with Crippen LogP contribution in [0.25, 0.3) is 0 Å². The van der Waals surface area contributed by atoms with E-state index in [0.29, 0.717) is 5.75 Å². The molecular formula is C16H15FO4. The summed E-state index contributed by atoms with van der Waals surface area (Å²) in [6.07, 6.45) is 0. The van der Waals surface area contributed by atoms with Gasteiger partial charge in [-0.25, -0.2) is 9.18 Å². The van der Waals surface area contributed by atoms with E-state index in [-0.39, 0.29) is 19.0 Å². The lowest BCUT2D eigenvalue weighted by molar-refractivity contribution is 0.0685. The molecular weight excluding hydrogens is 275 g/mol. The molecule has 4 nitrogen and oxygen atoms in total. The van der Waals surface area contributed by atoms with Crippen molar-refractivity contribution in [2.24, 2.45) is 0 Å². The third-order valence-corrected chi connectivity index (χ3v) is 2.79. The molecule has 0 aliphatic carbocycles. The minimum absolute atomic E-state index is 0.00431. The lowest BCUT2D eigenvalue weighted by Crippen LogP contribution is -2.12. The zero-order chi connectivity index (χ0) is 15.2. The fraction of sp³-hybridized carbons (Fsp3) is 0.188. The zero-order valence-corrected chi connectivity index (χ0v) is 11.5. The molecule has 0 fully saturated rings. The molecule has 0 bridgehead atoms. The Morgan fingerprint density at radius 3 is 2.57 bits per heavy atom. The Labute approximate surface area is 121 Å². The quantitative estimate of drug-likeness (QED) is 0.829. The van der Waals surface area contributed by atoms with Crippen molar-refractivity contribution in [3.05, 3.63) is 59.4 Å². The molecule has 110 valence electrons. The maximum absolute atomic E-state index is 13.4. The van der Waals surface area contributed by atoms with Crippen molar-refractivity contribution in [3.8, 4) is 11.5 Å². The summed E-state index contributed by atoms with van der Waals surface area (Å²) >= 11 is 0. The highest BCUT2D eigenvalue weighted by Gasteiger charge is 2.16. The van der Waals surface area contributed by atoms with Crippen LogP contribution in [0.5, 0.6) is 11.5 Å². The Morgan fingerprint density at radius 2 is 1.86 bits per heavy atom. The van der Waals surface area contributed by atoms with Crippen molar-refractivity contribution >= 4 is 5.97 Å². The number of halogens is 1. The van der Waals surface area contributed by atoms with Crippen LogP contribution >= 0.6 is 0 Å². The molecule has 0 saturated carbocycles. The minimum atomic E-state index is -1.36. The first-order chi connectivity index (χ1) is 10.1. The molecule has 0 heterocycles. The summed E-state index contributed by atoms with van der Waals surface area (Å²) in [5.41, 5.74) is 0.611. The predicted molar refractivity (Wildman–Crippen MR) is 75.5 cm³/mol. The molecule has 0 aromatic heterocycles. The highest BCUT2D eigenvalue weighted by Crippen LogP contribution is 2.21. The second-order valence-electron chi connectivity index (χ2n) is 4.43. The fourth-order valence-electron chi connectivity index (χ4n) is 1.85. The molecule has 0 unspecified atom stereocenters. The molecule has 2 rings (SSSR count). The molecule has 0 spiro atoms. The zero-order valence-electron chi connectivity index (χ0n) is 11.5. The van der Waals surface area contributed by atoms with Gasteiger partial charge in [-0.05, 0) is 36.8 Å². The lowest BCUT2D eigenvalue weighted by Gasteiger charge is -2.11. The number of carbonyl (C=O) groups is 1. The number of rotatable bonds is 6. The molecule has 5 heteroatoms.